The standard InChI is InChI=1S/C27H26Cl2N6O4/c28-18-5-3-6-19(29)17(18)11-34-10-15(16-4-1-2-7-20(16)34)8-9-38-12-21-23(36)24(37)27(39-21)35-14-33-22-25(30)31-13-32-26(22)35/h1-7,10,13-14,21,23-24,27,36-37H,8-9,11-12H2,(H2,30,31,32)/t21-,23-,24-,27-/m1/s1. The number of fused-ring (bicyclic) bond motifs is 2. The predicted molar refractivity (Wildman–Crippen MR) is 148 cm³/mol. The van der Waals surface area contributed by atoms with Crippen LogP contribution >= 0.6 is 23.2 Å². The highest BCUT2D eigenvalue weighted by Gasteiger charge is 2.44. The number of aliphatic hydroxyl groups is 2. The third kappa shape index (κ3) is 4.84. The second-order valence-corrected chi connectivity index (χ2v) is 10.3. The molecule has 10 nitrogen and oxygen atoms in total. The molecule has 0 radical (unpaired) electrons. The zero-order chi connectivity index (χ0) is 27.1. The molecule has 202 valence electrons. The van der Waals surface area contributed by atoms with E-state index in [-0.39, 0.29) is 12.4 Å². The number of hydrogen-bond acceptors (Lipinski definition) is 8. The van der Waals surface area contributed by atoms with Gasteiger partial charge >= 0.3 is 0 Å². The molecule has 1 fully saturated rings. The SMILES string of the molecule is Nc1ncnc2c1ncn2[C@@H]1O[C@H](COCCc2cn(Cc3c(Cl)cccc3Cl)c3ccccc23)[C@@H](O)[C@H]1O. The Bertz CT molecular complexity index is 1620. The Kier molecular flexibility index (Phi) is 7.15. The van der Waals surface area contributed by atoms with Crippen LogP contribution in [0.4, 0.5) is 5.82 Å². The van der Waals surface area contributed by atoms with Gasteiger partial charge in [0.05, 0.1) is 26.1 Å². The van der Waals surface area contributed by atoms with Gasteiger partial charge in [0.1, 0.15) is 30.2 Å². The van der Waals surface area contributed by atoms with Crippen molar-refractivity contribution in [2.45, 2.75) is 37.5 Å². The van der Waals surface area contributed by atoms with Crippen LogP contribution in [0.15, 0.2) is 61.3 Å². The van der Waals surface area contributed by atoms with E-state index in [2.05, 4.69) is 37.8 Å². The summed E-state index contributed by atoms with van der Waals surface area (Å²) in [4.78, 5) is 12.3. The number of rotatable bonds is 8. The Morgan fingerprint density at radius 3 is 2.62 bits per heavy atom. The molecule has 1 saturated heterocycles. The summed E-state index contributed by atoms with van der Waals surface area (Å²) in [5.41, 5.74) is 9.72. The van der Waals surface area contributed by atoms with Crippen LogP contribution in [0.25, 0.3) is 22.1 Å². The molecule has 12 heteroatoms. The minimum atomic E-state index is -1.19. The van der Waals surface area contributed by atoms with Gasteiger partial charge < -0.3 is 30.0 Å². The molecule has 0 bridgehead atoms. The van der Waals surface area contributed by atoms with Crippen LogP contribution in [0.1, 0.15) is 17.4 Å². The molecule has 4 heterocycles. The molecular formula is C27H26Cl2N6O4. The van der Waals surface area contributed by atoms with E-state index in [1.165, 1.54) is 12.7 Å². The first kappa shape index (κ1) is 26.0. The number of aliphatic hydroxyl groups excluding tert-OH is 2. The van der Waals surface area contributed by atoms with E-state index in [0.717, 1.165) is 22.0 Å². The predicted octanol–water partition coefficient (Wildman–Crippen LogP) is 3.60. The van der Waals surface area contributed by atoms with Crippen LogP contribution in [0.5, 0.6) is 0 Å². The number of anilines is 1. The lowest BCUT2D eigenvalue weighted by atomic mass is 10.1. The summed E-state index contributed by atoms with van der Waals surface area (Å²) in [6.45, 7) is 1.04. The van der Waals surface area contributed by atoms with Gasteiger partial charge in [-0.3, -0.25) is 4.57 Å². The van der Waals surface area contributed by atoms with Crippen molar-refractivity contribution < 1.29 is 19.7 Å². The molecule has 3 aromatic heterocycles. The zero-order valence-corrected chi connectivity index (χ0v) is 22.2. The summed E-state index contributed by atoms with van der Waals surface area (Å²) in [6, 6.07) is 13.6. The van der Waals surface area contributed by atoms with Crippen molar-refractivity contribution in [3.63, 3.8) is 0 Å². The molecule has 4 atom stereocenters. The highest BCUT2D eigenvalue weighted by Crippen LogP contribution is 2.32. The van der Waals surface area contributed by atoms with Gasteiger partial charge in [-0.05, 0) is 30.2 Å². The van der Waals surface area contributed by atoms with Crippen LogP contribution in [0.3, 0.4) is 0 Å². The van der Waals surface area contributed by atoms with Crippen LogP contribution in [0, 0.1) is 0 Å². The maximum Gasteiger partial charge on any atom is 0.167 e. The van der Waals surface area contributed by atoms with Gasteiger partial charge in [0.25, 0.3) is 0 Å². The summed E-state index contributed by atoms with van der Waals surface area (Å²) in [7, 11) is 0. The Labute approximate surface area is 233 Å². The Balaban J connectivity index is 1.12. The third-order valence-electron chi connectivity index (χ3n) is 7.06. The highest BCUT2D eigenvalue weighted by atomic mass is 35.5. The lowest BCUT2D eigenvalue weighted by molar-refractivity contribution is -0.0650. The molecule has 6 rings (SSSR count). The van der Waals surface area contributed by atoms with E-state index >= 15 is 0 Å². The van der Waals surface area contributed by atoms with Crippen molar-refractivity contribution in [3.05, 3.63) is 82.5 Å². The summed E-state index contributed by atoms with van der Waals surface area (Å²) < 4.78 is 15.5. The minimum absolute atomic E-state index is 0.104. The summed E-state index contributed by atoms with van der Waals surface area (Å²) in [5.74, 6) is 0.225. The van der Waals surface area contributed by atoms with Gasteiger partial charge in [0.15, 0.2) is 17.7 Å². The second kappa shape index (κ2) is 10.7. The summed E-state index contributed by atoms with van der Waals surface area (Å²) >= 11 is 12.8. The molecule has 0 amide bonds. The minimum Gasteiger partial charge on any atom is -0.387 e. The first-order chi connectivity index (χ1) is 18.9. The van der Waals surface area contributed by atoms with Gasteiger partial charge in [-0.2, -0.15) is 0 Å². The Hall–Kier alpha value is -3.25. The van der Waals surface area contributed by atoms with E-state index in [0.29, 0.717) is 40.8 Å². The maximum absolute atomic E-state index is 10.7. The molecule has 0 spiro atoms. The van der Waals surface area contributed by atoms with Crippen molar-refractivity contribution in [3.8, 4) is 0 Å². The summed E-state index contributed by atoms with van der Waals surface area (Å²) in [5, 5.41) is 23.7. The van der Waals surface area contributed by atoms with Crippen LogP contribution < -0.4 is 5.73 Å². The van der Waals surface area contributed by atoms with Gasteiger partial charge in [-0.25, -0.2) is 15.0 Å². The molecule has 0 saturated carbocycles. The lowest BCUT2D eigenvalue weighted by Crippen LogP contribution is -2.34. The lowest BCUT2D eigenvalue weighted by Gasteiger charge is -2.16. The smallest absolute Gasteiger partial charge is 0.167 e. The summed E-state index contributed by atoms with van der Waals surface area (Å²) in [6.07, 6.45) is 1.55. The number of benzene rings is 2. The number of nitrogen functional groups attached to an aromatic ring is 1. The van der Waals surface area contributed by atoms with E-state index in [9.17, 15) is 10.2 Å². The quantitative estimate of drug-likeness (QED) is 0.242. The van der Waals surface area contributed by atoms with Crippen LogP contribution in [-0.2, 0) is 22.4 Å². The highest BCUT2D eigenvalue weighted by molar-refractivity contribution is 6.36. The molecule has 1 aliphatic rings. The number of halogens is 2. The average Bonchev–Trinajstić information content (AvgIpc) is 3.60. The van der Waals surface area contributed by atoms with Crippen molar-refractivity contribution in [1.29, 1.82) is 0 Å². The zero-order valence-electron chi connectivity index (χ0n) is 20.7. The number of para-hydroxylation sites is 1. The van der Waals surface area contributed by atoms with E-state index in [1.807, 2.05) is 30.3 Å². The van der Waals surface area contributed by atoms with Crippen molar-refractivity contribution >= 4 is 51.1 Å². The monoisotopic (exact) mass is 568 g/mol. The molecular weight excluding hydrogens is 543 g/mol. The number of hydrogen-bond donors (Lipinski definition) is 3. The van der Waals surface area contributed by atoms with Gasteiger partial charge in [0.2, 0.25) is 0 Å². The van der Waals surface area contributed by atoms with Crippen molar-refractivity contribution in [2.75, 3.05) is 18.9 Å². The van der Waals surface area contributed by atoms with E-state index in [1.54, 1.807) is 4.57 Å². The average molecular weight is 569 g/mol. The van der Waals surface area contributed by atoms with Crippen molar-refractivity contribution in [1.82, 2.24) is 24.1 Å². The van der Waals surface area contributed by atoms with Gasteiger partial charge in [-0.1, -0.05) is 47.5 Å². The second-order valence-electron chi connectivity index (χ2n) is 9.45. The largest absolute Gasteiger partial charge is 0.387 e. The number of imidazole rings is 1. The molecule has 4 N–H and O–H groups in total. The molecule has 5 aromatic rings. The van der Waals surface area contributed by atoms with Crippen molar-refractivity contribution in [2.24, 2.45) is 0 Å². The fourth-order valence-electron chi connectivity index (χ4n) is 5.04. The number of nitrogens with two attached hydrogens (primary N) is 1. The Morgan fingerprint density at radius 1 is 1.00 bits per heavy atom. The Morgan fingerprint density at radius 2 is 1.79 bits per heavy atom. The topological polar surface area (TPSA) is 133 Å². The first-order valence-corrected chi connectivity index (χ1v) is 13.2. The molecule has 0 aliphatic carbocycles. The number of aromatic nitrogens is 5. The number of nitrogens with zero attached hydrogens (tertiary/aromatic N) is 5. The number of ether oxygens (including phenoxy) is 2. The fourth-order valence-corrected chi connectivity index (χ4v) is 5.56. The van der Waals surface area contributed by atoms with E-state index in [4.69, 9.17) is 38.4 Å². The van der Waals surface area contributed by atoms with Gasteiger partial charge in [0, 0.05) is 32.7 Å². The van der Waals surface area contributed by atoms with Crippen LogP contribution in [0.2, 0.25) is 10.0 Å². The molecule has 39 heavy (non-hydrogen) atoms. The van der Waals surface area contributed by atoms with Crippen LogP contribution in [-0.4, -0.2) is 65.8 Å². The normalized spacial score (nSPS) is 21.3. The maximum atomic E-state index is 10.7. The van der Waals surface area contributed by atoms with E-state index < -0.39 is 24.5 Å². The van der Waals surface area contributed by atoms with Gasteiger partial charge in [-0.15, -0.1) is 0 Å². The third-order valence-corrected chi connectivity index (χ3v) is 7.77. The molecule has 0 unspecified atom stereocenters. The fraction of sp³-hybridized carbons (Fsp3) is 0.296. The molecule has 2 aromatic carbocycles. The molecule has 1 aliphatic heterocycles. The first-order valence-electron chi connectivity index (χ1n) is 12.4.